The van der Waals surface area contributed by atoms with Gasteiger partial charge in [-0.1, -0.05) is 20.1 Å². The van der Waals surface area contributed by atoms with Crippen molar-refractivity contribution in [1.29, 1.82) is 0 Å². The van der Waals surface area contributed by atoms with Crippen LogP contribution in [0.1, 0.15) is 40.0 Å². The van der Waals surface area contributed by atoms with Gasteiger partial charge in [-0.2, -0.15) is 0 Å². The molecule has 0 spiro atoms. The van der Waals surface area contributed by atoms with Crippen molar-refractivity contribution in [2.45, 2.75) is 46.1 Å². The van der Waals surface area contributed by atoms with Gasteiger partial charge in [0, 0.05) is 17.6 Å². The van der Waals surface area contributed by atoms with E-state index in [2.05, 4.69) is 18.5 Å². The number of nitrogens with one attached hydrogen (secondary N) is 1. The summed E-state index contributed by atoms with van der Waals surface area (Å²) in [5.74, 6) is -1.53. The molecule has 0 radical (unpaired) electrons. The van der Waals surface area contributed by atoms with E-state index in [0.29, 0.717) is 12.8 Å². The Labute approximate surface area is 165 Å². The molecule has 1 unspecified atom stereocenters. The lowest BCUT2D eigenvalue weighted by molar-refractivity contribution is -0.148. The molecule has 9 heteroatoms. The third kappa shape index (κ3) is 12.5. The van der Waals surface area contributed by atoms with Gasteiger partial charge in [0.1, 0.15) is 19.3 Å². The first-order valence-electron chi connectivity index (χ1n) is 8.92. The maximum absolute atomic E-state index is 11.7. The van der Waals surface area contributed by atoms with E-state index in [4.69, 9.17) is 18.9 Å². The van der Waals surface area contributed by atoms with Gasteiger partial charge in [0.2, 0.25) is 0 Å². The standard InChI is InChI=1S/C19H29NO8/c1-6-15(28-19(24)20-9-11-26-18(23)14(4)5)12-27-16(21)8-7-10-25-17(22)13(2)3/h15H,2,4,6-12H2,1,3,5H3,(H,20,24). The molecule has 0 fully saturated rings. The van der Waals surface area contributed by atoms with E-state index in [1.807, 2.05) is 0 Å². The first kappa shape index (κ1) is 25.2. The molecule has 0 bridgehead atoms. The molecule has 0 aromatic rings. The first-order valence-corrected chi connectivity index (χ1v) is 8.92. The van der Waals surface area contributed by atoms with Gasteiger partial charge in [-0.25, -0.2) is 14.4 Å². The summed E-state index contributed by atoms with van der Waals surface area (Å²) in [6.07, 6.45) is -0.482. The highest BCUT2D eigenvalue weighted by Crippen LogP contribution is 2.03. The largest absolute Gasteiger partial charge is 0.462 e. The van der Waals surface area contributed by atoms with Crippen LogP contribution in [0, 0.1) is 0 Å². The highest BCUT2D eigenvalue weighted by molar-refractivity contribution is 5.87. The summed E-state index contributed by atoms with van der Waals surface area (Å²) in [5.41, 5.74) is 0.558. The molecular weight excluding hydrogens is 370 g/mol. The minimum atomic E-state index is -0.707. The van der Waals surface area contributed by atoms with Crippen LogP contribution in [0.15, 0.2) is 24.3 Å². The third-order valence-corrected chi connectivity index (χ3v) is 3.22. The molecular formula is C19H29NO8. The van der Waals surface area contributed by atoms with E-state index in [1.165, 1.54) is 13.8 Å². The number of amides is 1. The summed E-state index contributed by atoms with van der Waals surface area (Å²) in [5, 5.41) is 2.43. The number of ether oxygens (including phenoxy) is 4. The van der Waals surface area contributed by atoms with E-state index in [0.717, 1.165) is 0 Å². The summed E-state index contributed by atoms with van der Waals surface area (Å²) in [7, 11) is 0. The van der Waals surface area contributed by atoms with Crippen LogP contribution in [-0.2, 0) is 33.3 Å². The molecule has 0 heterocycles. The Morgan fingerprint density at radius 2 is 1.50 bits per heavy atom. The Morgan fingerprint density at radius 3 is 2.04 bits per heavy atom. The molecule has 0 aliphatic carbocycles. The summed E-state index contributed by atoms with van der Waals surface area (Å²) in [6, 6.07) is 0. The fraction of sp³-hybridized carbons (Fsp3) is 0.579. The molecule has 158 valence electrons. The van der Waals surface area contributed by atoms with Crippen LogP contribution >= 0.6 is 0 Å². The second-order valence-corrected chi connectivity index (χ2v) is 5.98. The normalized spacial score (nSPS) is 11.0. The number of hydrogen-bond acceptors (Lipinski definition) is 8. The molecule has 0 aliphatic heterocycles. The van der Waals surface area contributed by atoms with Crippen molar-refractivity contribution in [2.24, 2.45) is 0 Å². The molecule has 28 heavy (non-hydrogen) atoms. The predicted octanol–water partition coefficient (Wildman–Crippen LogP) is 2.05. The van der Waals surface area contributed by atoms with Gasteiger partial charge < -0.3 is 24.3 Å². The van der Waals surface area contributed by atoms with Crippen LogP contribution in [0.4, 0.5) is 4.79 Å². The molecule has 1 amide bonds. The Bertz CT molecular complexity index is 584. The lowest BCUT2D eigenvalue weighted by Gasteiger charge is -2.16. The predicted molar refractivity (Wildman–Crippen MR) is 100 cm³/mol. The Hall–Kier alpha value is -2.84. The maximum atomic E-state index is 11.7. The maximum Gasteiger partial charge on any atom is 0.407 e. The zero-order valence-electron chi connectivity index (χ0n) is 16.7. The number of carbonyl (C=O) groups is 4. The number of rotatable bonds is 13. The molecule has 0 saturated carbocycles. The summed E-state index contributed by atoms with van der Waals surface area (Å²) in [4.78, 5) is 45.7. The quantitative estimate of drug-likeness (QED) is 0.216. The van der Waals surface area contributed by atoms with Gasteiger partial charge >= 0.3 is 24.0 Å². The zero-order valence-corrected chi connectivity index (χ0v) is 16.7. The topological polar surface area (TPSA) is 117 Å². The van der Waals surface area contributed by atoms with E-state index in [9.17, 15) is 19.2 Å². The minimum absolute atomic E-state index is 0.0114. The summed E-state index contributed by atoms with van der Waals surface area (Å²) in [6.45, 7) is 11.8. The average Bonchev–Trinajstić information content (AvgIpc) is 2.64. The second kappa shape index (κ2) is 14.2. The lowest BCUT2D eigenvalue weighted by Crippen LogP contribution is -2.33. The second-order valence-electron chi connectivity index (χ2n) is 5.98. The average molecular weight is 399 g/mol. The first-order chi connectivity index (χ1) is 13.2. The summed E-state index contributed by atoms with van der Waals surface area (Å²) >= 11 is 0. The van der Waals surface area contributed by atoms with Crippen molar-refractivity contribution < 1.29 is 38.1 Å². The Balaban J connectivity index is 3.94. The highest BCUT2D eigenvalue weighted by atomic mass is 16.6. The minimum Gasteiger partial charge on any atom is -0.462 e. The van der Waals surface area contributed by atoms with Crippen LogP contribution in [0.3, 0.4) is 0 Å². The SMILES string of the molecule is C=C(C)C(=O)OCCCC(=O)OCC(CC)OC(=O)NCCOC(=O)C(=C)C. The van der Waals surface area contributed by atoms with Crippen LogP contribution in [0.2, 0.25) is 0 Å². The molecule has 0 saturated heterocycles. The van der Waals surface area contributed by atoms with E-state index in [1.54, 1.807) is 6.92 Å². The molecule has 0 rings (SSSR count). The van der Waals surface area contributed by atoms with Crippen molar-refractivity contribution in [3.8, 4) is 0 Å². The van der Waals surface area contributed by atoms with Crippen LogP contribution in [0.5, 0.6) is 0 Å². The third-order valence-electron chi connectivity index (χ3n) is 3.22. The van der Waals surface area contributed by atoms with Gasteiger partial charge in [-0.3, -0.25) is 4.79 Å². The summed E-state index contributed by atoms with van der Waals surface area (Å²) < 4.78 is 19.9. The highest BCUT2D eigenvalue weighted by Gasteiger charge is 2.15. The lowest BCUT2D eigenvalue weighted by atomic mass is 10.3. The van der Waals surface area contributed by atoms with E-state index < -0.39 is 30.1 Å². The van der Waals surface area contributed by atoms with Gasteiger partial charge in [0.05, 0.1) is 13.2 Å². The smallest absolute Gasteiger partial charge is 0.407 e. The van der Waals surface area contributed by atoms with Gasteiger partial charge in [-0.05, 0) is 26.7 Å². The molecule has 0 aromatic heterocycles. The fourth-order valence-electron chi connectivity index (χ4n) is 1.61. The number of esters is 3. The van der Waals surface area contributed by atoms with Gasteiger partial charge in [-0.15, -0.1) is 0 Å². The zero-order chi connectivity index (χ0) is 21.5. The van der Waals surface area contributed by atoms with Crippen molar-refractivity contribution in [2.75, 3.05) is 26.4 Å². The van der Waals surface area contributed by atoms with E-state index >= 15 is 0 Å². The number of alkyl carbamates (subject to hydrolysis) is 1. The molecule has 1 atom stereocenters. The van der Waals surface area contributed by atoms with Crippen molar-refractivity contribution >= 4 is 24.0 Å². The number of hydrogen-bond donors (Lipinski definition) is 1. The number of carbonyl (C=O) groups excluding carboxylic acids is 4. The van der Waals surface area contributed by atoms with Crippen molar-refractivity contribution in [3.05, 3.63) is 24.3 Å². The monoisotopic (exact) mass is 399 g/mol. The molecule has 0 aliphatic rings. The Morgan fingerprint density at radius 1 is 0.929 bits per heavy atom. The molecule has 1 N–H and O–H groups in total. The molecule has 9 nitrogen and oxygen atoms in total. The van der Waals surface area contributed by atoms with Gasteiger partial charge in [0.25, 0.3) is 0 Å². The van der Waals surface area contributed by atoms with Crippen LogP contribution < -0.4 is 5.32 Å². The van der Waals surface area contributed by atoms with Crippen LogP contribution in [0.25, 0.3) is 0 Å². The van der Waals surface area contributed by atoms with E-state index in [-0.39, 0.29) is 43.9 Å². The van der Waals surface area contributed by atoms with Crippen molar-refractivity contribution in [3.63, 3.8) is 0 Å². The fourth-order valence-corrected chi connectivity index (χ4v) is 1.61. The van der Waals surface area contributed by atoms with Gasteiger partial charge in [0.15, 0.2) is 0 Å². The Kier molecular flexibility index (Phi) is 12.8. The molecule has 0 aromatic carbocycles. The van der Waals surface area contributed by atoms with Crippen LogP contribution in [-0.4, -0.2) is 56.5 Å². The van der Waals surface area contributed by atoms with Crippen molar-refractivity contribution in [1.82, 2.24) is 5.32 Å².